The molecule has 0 N–H and O–H groups in total. The van der Waals surface area contributed by atoms with E-state index in [2.05, 4.69) is 87.6 Å². The maximum absolute atomic E-state index is 8.35. The number of hydrogen-bond acceptors (Lipinski definition) is 0. The molecule has 0 aromatic heterocycles. The molecular formula is C34H31Cl4SiZr. The predicted molar refractivity (Wildman–Crippen MR) is 177 cm³/mol. The Morgan fingerprint density at radius 2 is 0.925 bits per heavy atom. The van der Waals surface area contributed by atoms with Gasteiger partial charge in [-0.1, -0.05) is 0 Å². The van der Waals surface area contributed by atoms with Gasteiger partial charge in [-0.3, -0.25) is 0 Å². The number of hydrogen-bond donors (Lipinski definition) is 0. The van der Waals surface area contributed by atoms with Gasteiger partial charge in [0.2, 0.25) is 0 Å². The van der Waals surface area contributed by atoms with E-state index in [1.807, 2.05) is 36.4 Å². The van der Waals surface area contributed by atoms with E-state index in [1.165, 1.54) is 33.4 Å². The van der Waals surface area contributed by atoms with Crippen LogP contribution in [-0.2, 0) is 15.6 Å². The quantitative estimate of drug-likeness (QED) is 0.182. The number of fused-ring (bicyclic) bond motifs is 2. The molecule has 2 unspecified atom stereocenters. The first-order chi connectivity index (χ1) is 19.0. The van der Waals surface area contributed by atoms with Crippen molar-refractivity contribution >= 4 is 58.3 Å². The van der Waals surface area contributed by atoms with Crippen molar-refractivity contribution in [1.82, 2.24) is 0 Å². The fourth-order valence-electron chi connectivity index (χ4n) is 7.23. The van der Waals surface area contributed by atoms with Crippen LogP contribution >= 0.6 is 40.2 Å². The minimum absolute atomic E-state index is 0.0390. The molecule has 2 atom stereocenters. The van der Waals surface area contributed by atoms with Crippen molar-refractivity contribution in [3.05, 3.63) is 128 Å². The summed E-state index contributed by atoms with van der Waals surface area (Å²) in [6, 6.07) is 29.2. The Bertz CT molecular complexity index is 1610. The van der Waals surface area contributed by atoms with Crippen molar-refractivity contribution in [1.29, 1.82) is 0 Å². The second kappa shape index (κ2) is 10.4. The molecule has 0 fully saturated rings. The molecule has 0 spiro atoms. The van der Waals surface area contributed by atoms with Crippen LogP contribution in [0.3, 0.4) is 0 Å². The van der Waals surface area contributed by atoms with Crippen LogP contribution in [0.5, 0.6) is 0 Å². The first-order valence-corrected chi connectivity index (χ1v) is 30.8. The molecular weight excluding hydrogens is 669 g/mol. The molecule has 0 nitrogen and oxygen atoms in total. The van der Waals surface area contributed by atoms with Gasteiger partial charge in [-0.15, -0.1) is 0 Å². The monoisotopic (exact) mass is 697 g/mol. The van der Waals surface area contributed by atoms with Crippen LogP contribution in [0.2, 0.25) is 23.1 Å². The van der Waals surface area contributed by atoms with Crippen LogP contribution in [0, 0.1) is 0 Å². The van der Waals surface area contributed by atoms with Gasteiger partial charge in [0.15, 0.2) is 0 Å². The normalized spacial score (nSPS) is 19.1. The summed E-state index contributed by atoms with van der Waals surface area (Å²) in [5.74, 6) is -1.61. The molecule has 4 aromatic rings. The first kappa shape index (κ1) is 28.7. The third kappa shape index (κ3) is 4.24. The van der Waals surface area contributed by atoms with E-state index in [0.717, 1.165) is 32.3 Å². The van der Waals surface area contributed by atoms with Gasteiger partial charge in [-0.25, -0.2) is 0 Å². The summed E-state index contributed by atoms with van der Waals surface area (Å²) in [7, 11) is 16.7. The SMILES string of the molecule is CC1=Cc2c(-c3ccccc3Cl)cccc2[CH]1[Zr]([Cl])([Cl])([CH]1C(C)=Cc2c(-c3ccccc3Cl)cccc21)[SiH](C)C. The summed E-state index contributed by atoms with van der Waals surface area (Å²) in [4.78, 5) is 0. The molecule has 4 aromatic carbocycles. The van der Waals surface area contributed by atoms with E-state index >= 15 is 0 Å². The fraction of sp³-hybridized carbons (Fsp3) is 0.176. The zero-order chi connectivity index (χ0) is 28.4. The van der Waals surface area contributed by atoms with Crippen LogP contribution in [-0.4, -0.2) is 5.92 Å². The minimum atomic E-state index is -4.73. The number of halogens is 4. The molecule has 0 radical (unpaired) electrons. The van der Waals surface area contributed by atoms with E-state index in [0.29, 0.717) is 0 Å². The van der Waals surface area contributed by atoms with Crippen LogP contribution in [0.4, 0.5) is 0 Å². The summed E-state index contributed by atoms with van der Waals surface area (Å²) < 4.78 is 0.0781. The molecule has 0 aliphatic heterocycles. The van der Waals surface area contributed by atoms with Gasteiger partial charge in [-0.2, -0.15) is 0 Å². The van der Waals surface area contributed by atoms with Gasteiger partial charge >= 0.3 is 259 Å². The van der Waals surface area contributed by atoms with Crippen LogP contribution < -0.4 is 0 Å². The molecule has 40 heavy (non-hydrogen) atoms. The Kier molecular flexibility index (Phi) is 7.47. The van der Waals surface area contributed by atoms with Crippen molar-refractivity contribution in [3.63, 3.8) is 0 Å². The third-order valence-corrected chi connectivity index (χ3v) is 62.0. The van der Waals surface area contributed by atoms with Gasteiger partial charge in [0.1, 0.15) is 0 Å². The van der Waals surface area contributed by atoms with Crippen molar-refractivity contribution in [2.45, 2.75) is 34.2 Å². The molecule has 2 aliphatic carbocycles. The molecule has 0 heterocycles. The number of benzene rings is 4. The van der Waals surface area contributed by atoms with Crippen molar-refractivity contribution in [2.75, 3.05) is 0 Å². The number of allylic oxidation sites excluding steroid dienone is 2. The summed E-state index contributed by atoms with van der Waals surface area (Å²) in [6.07, 6.45) is 4.64. The number of rotatable bonds is 5. The zero-order valence-electron chi connectivity index (χ0n) is 23.0. The van der Waals surface area contributed by atoms with Gasteiger partial charge in [0.05, 0.1) is 0 Å². The Morgan fingerprint density at radius 1 is 0.550 bits per heavy atom. The van der Waals surface area contributed by atoms with E-state index in [4.69, 9.17) is 40.2 Å². The fourth-order valence-corrected chi connectivity index (χ4v) is 40.6. The van der Waals surface area contributed by atoms with E-state index in [1.54, 1.807) is 0 Å². The first-order valence-electron chi connectivity index (χ1n) is 13.7. The molecule has 0 amide bonds. The molecule has 6 rings (SSSR count). The molecule has 2 aliphatic rings. The standard InChI is InChI=1S/2C16H12Cl.C2H7Si.2ClH.Zr/c2*1-11-9-12-5-4-7-13(15(12)10-11)14-6-2-3-8-16(14)17;1-3-2;;;/h2*2-10H,1H3;3H,1-2H3;2*1H;/q;;;;;+2/p-2. The van der Waals surface area contributed by atoms with E-state index in [-0.39, 0.29) is 7.25 Å². The molecule has 0 saturated carbocycles. The molecule has 0 saturated heterocycles. The van der Waals surface area contributed by atoms with Crippen LogP contribution in [0.15, 0.2) is 96.1 Å². The Balaban J connectivity index is 1.56. The summed E-state index contributed by atoms with van der Waals surface area (Å²) in [5, 5.41) is 1.50. The average Bonchev–Trinajstić information content (AvgIpc) is 3.46. The zero-order valence-corrected chi connectivity index (χ0v) is 29.6. The van der Waals surface area contributed by atoms with E-state index < -0.39 is 21.5 Å². The average molecular weight is 701 g/mol. The topological polar surface area (TPSA) is 0 Å². The van der Waals surface area contributed by atoms with Gasteiger partial charge in [0.25, 0.3) is 0 Å². The Morgan fingerprint density at radius 3 is 1.30 bits per heavy atom. The predicted octanol–water partition coefficient (Wildman–Crippen LogP) is 11.9. The van der Waals surface area contributed by atoms with Crippen molar-refractivity contribution in [2.24, 2.45) is 0 Å². The molecule has 6 heteroatoms. The second-order valence-electron chi connectivity index (χ2n) is 11.6. The Hall–Kier alpha value is -1.38. The summed E-state index contributed by atoms with van der Waals surface area (Å²) in [6.45, 7) is 9.20. The summed E-state index contributed by atoms with van der Waals surface area (Å²) >= 11 is 8.64. The second-order valence-corrected chi connectivity index (χ2v) is 54.9. The van der Waals surface area contributed by atoms with Gasteiger partial charge in [-0.05, 0) is 0 Å². The molecule has 203 valence electrons. The van der Waals surface area contributed by atoms with Gasteiger partial charge < -0.3 is 0 Å². The van der Waals surface area contributed by atoms with Crippen molar-refractivity contribution < 1.29 is 15.6 Å². The van der Waals surface area contributed by atoms with Gasteiger partial charge in [0, 0.05) is 0 Å². The van der Waals surface area contributed by atoms with Crippen LogP contribution in [0.1, 0.15) is 43.4 Å². The third-order valence-electron chi connectivity index (χ3n) is 9.09. The Labute approximate surface area is 256 Å². The van der Waals surface area contributed by atoms with Crippen molar-refractivity contribution in [3.8, 4) is 22.3 Å². The molecule has 0 bridgehead atoms. The maximum atomic E-state index is 8.35. The van der Waals surface area contributed by atoms with Crippen LogP contribution in [0.25, 0.3) is 34.4 Å². The van der Waals surface area contributed by atoms with E-state index in [9.17, 15) is 0 Å². The summed E-state index contributed by atoms with van der Waals surface area (Å²) in [5.41, 5.74) is 11.8.